The van der Waals surface area contributed by atoms with Gasteiger partial charge in [0.05, 0.1) is 33.5 Å². The maximum Gasteiger partial charge on any atom is 0.334 e. The molecule has 13 heavy (non-hydrogen) atoms. The summed E-state index contributed by atoms with van der Waals surface area (Å²) in [5, 5.41) is 8.36. The van der Waals surface area contributed by atoms with Crippen LogP contribution in [0.2, 0.25) is 0 Å². The van der Waals surface area contributed by atoms with Crippen molar-refractivity contribution < 1.29 is 24.1 Å². The minimum absolute atomic E-state index is 0.00739. The van der Waals surface area contributed by atoms with Gasteiger partial charge in [0.25, 0.3) is 0 Å². The van der Waals surface area contributed by atoms with Crippen molar-refractivity contribution in [2.24, 2.45) is 0 Å². The molecule has 0 spiro atoms. The molecule has 0 amide bonds. The molecule has 5 heteroatoms. The summed E-state index contributed by atoms with van der Waals surface area (Å²) in [5.41, 5.74) is 0. The second-order valence-electron chi connectivity index (χ2n) is 2.37. The fraction of sp³-hybridized carbons (Fsp3) is 0.875. The lowest BCUT2D eigenvalue weighted by molar-refractivity contribution is -0.153. The van der Waals surface area contributed by atoms with Crippen LogP contribution >= 0.6 is 0 Å². The van der Waals surface area contributed by atoms with E-state index < -0.39 is 12.1 Å². The van der Waals surface area contributed by atoms with Crippen LogP contribution in [0.15, 0.2) is 0 Å². The van der Waals surface area contributed by atoms with Crippen molar-refractivity contribution in [1.82, 2.24) is 0 Å². The van der Waals surface area contributed by atoms with Crippen molar-refractivity contribution in [3.63, 3.8) is 0 Å². The number of aliphatic hydroxyl groups excluding tert-OH is 1. The summed E-state index contributed by atoms with van der Waals surface area (Å²) in [6, 6.07) is 0. The third-order valence-corrected chi connectivity index (χ3v) is 1.36. The number of hydrogen-bond acceptors (Lipinski definition) is 5. The van der Waals surface area contributed by atoms with Gasteiger partial charge in [0.1, 0.15) is 0 Å². The van der Waals surface area contributed by atoms with Gasteiger partial charge in [-0.3, -0.25) is 0 Å². The zero-order valence-electron chi connectivity index (χ0n) is 7.99. The number of ether oxygens (including phenoxy) is 3. The molecule has 78 valence electrons. The summed E-state index contributed by atoms with van der Waals surface area (Å²) < 4.78 is 14.4. The first-order chi connectivity index (χ1) is 6.22. The first-order valence-corrected chi connectivity index (χ1v) is 4.10. The summed E-state index contributed by atoms with van der Waals surface area (Å²) in [4.78, 5) is 10.8. The molecule has 0 aromatic rings. The molecule has 0 radical (unpaired) electrons. The summed E-state index contributed by atoms with van der Waals surface area (Å²) in [6.45, 7) is 2.57. The normalized spacial score (nSPS) is 12.5. The van der Waals surface area contributed by atoms with Crippen molar-refractivity contribution in [2.45, 2.75) is 13.0 Å². The highest BCUT2D eigenvalue weighted by Crippen LogP contribution is 1.92. The van der Waals surface area contributed by atoms with Gasteiger partial charge in [0.15, 0.2) is 6.10 Å². The van der Waals surface area contributed by atoms with E-state index in [1.807, 2.05) is 0 Å². The van der Waals surface area contributed by atoms with E-state index in [0.29, 0.717) is 13.2 Å². The van der Waals surface area contributed by atoms with E-state index in [9.17, 15) is 4.79 Å². The van der Waals surface area contributed by atoms with E-state index in [1.165, 1.54) is 7.11 Å². The lowest BCUT2D eigenvalue weighted by Gasteiger charge is -2.10. The molecular weight excluding hydrogens is 176 g/mol. The molecule has 0 aliphatic rings. The smallest absolute Gasteiger partial charge is 0.334 e. The molecule has 0 heterocycles. The quantitative estimate of drug-likeness (QED) is 0.438. The minimum atomic E-state index is -0.567. The highest BCUT2D eigenvalue weighted by atomic mass is 16.6. The van der Waals surface area contributed by atoms with Gasteiger partial charge in [0, 0.05) is 0 Å². The van der Waals surface area contributed by atoms with Crippen molar-refractivity contribution in [2.75, 3.05) is 33.5 Å². The van der Waals surface area contributed by atoms with Crippen LogP contribution in [0.5, 0.6) is 0 Å². The summed E-state index contributed by atoms with van der Waals surface area (Å²) in [6.07, 6.45) is -0.567. The van der Waals surface area contributed by atoms with E-state index in [4.69, 9.17) is 14.6 Å². The molecule has 0 aromatic heterocycles. The first kappa shape index (κ1) is 12.3. The number of carbonyl (C=O) groups is 1. The van der Waals surface area contributed by atoms with Crippen LogP contribution in [0, 0.1) is 0 Å². The van der Waals surface area contributed by atoms with Crippen LogP contribution in [0.3, 0.4) is 0 Å². The minimum Gasteiger partial charge on any atom is -0.467 e. The van der Waals surface area contributed by atoms with Crippen molar-refractivity contribution in [3.05, 3.63) is 0 Å². The van der Waals surface area contributed by atoms with E-state index in [2.05, 4.69) is 4.74 Å². The topological polar surface area (TPSA) is 65.0 Å². The van der Waals surface area contributed by atoms with Crippen molar-refractivity contribution in [3.8, 4) is 0 Å². The fourth-order valence-electron chi connectivity index (χ4n) is 0.684. The highest BCUT2D eigenvalue weighted by Gasteiger charge is 2.12. The maximum atomic E-state index is 10.8. The molecule has 0 saturated heterocycles. The van der Waals surface area contributed by atoms with Crippen molar-refractivity contribution in [1.29, 1.82) is 0 Å². The van der Waals surface area contributed by atoms with E-state index in [-0.39, 0.29) is 13.2 Å². The molecule has 1 unspecified atom stereocenters. The van der Waals surface area contributed by atoms with E-state index in [1.54, 1.807) is 6.92 Å². The van der Waals surface area contributed by atoms with E-state index >= 15 is 0 Å². The molecule has 0 aliphatic carbocycles. The second kappa shape index (κ2) is 7.97. The molecule has 0 rings (SSSR count). The van der Waals surface area contributed by atoms with Gasteiger partial charge >= 0.3 is 5.97 Å². The Labute approximate surface area is 77.6 Å². The molecule has 1 N–H and O–H groups in total. The van der Waals surface area contributed by atoms with Gasteiger partial charge in [-0.25, -0.2) is 4.79 Å². The summed E-state index contributed by atoms with van der Waals surface area (Å²) >= 11 is 0. The number of methoxy groups -OCH3 is 1. The molecule has 1 atom stereocenters. The Balaban J connectivity index is 3.26. The first-order valence-electron chi connectivity index (χ1n) is 4.10. The zero-order valence-corrected chi connectivity index (χ0v) is 7.99. The third kappa shape index (κ3) is 6.51. The Kier molecular flexibility index (Phi) is 7.57. The Bertz CT molecular complexity index is 136. The molecule has 0 fully saturated rings. The largest absolute Gasteiger partial charge is 0.467 e. The van der Waals surface area contributed by atoms with Crippen LogP contribution in [0.25, 0.3) is 0 Å². The molecular formula is C8H16O5. The molecule has 0 aromatic carbocycles. The molecule has 0 bridgehead atoms. The van der Waals surface area contributed by atoms with Crippen LogP contribution in [0.4, 0.5) is 0 Å². The van der Waals surface area contributed by atoms with Gasteiger partial charge in [-0.15, -0.1) is 0 Å². The lowest BCUT2D eigenvalue weighted by atomic mass is 10.4. The van der Waals surface area contributed by atoms with Crippen LogP contribution in [0.1, 0.15) is 6.92 Å². The van der Waals surface area contributed by atoms with Gasteiger partial charge < -0.3 is 19.3 Å². The fourth-order valence-corrected chi connectivity index (χ4v) is 0.684. The zero-order chi connectivity index (χ0) is 10.1. The molecule has 0 saturated carbocycles. The van der Waals surface area contributed by atoms with Gasteiger partial charge in [-0.1, -0.05) is 0 Å². The standard InChI is InChI=1S/C8H16O5/c1-7(8(10)11-2)13-6-5-12-4-3-9/h7,9H,3-6H2,1-2H3. The molecule has 5 nitrogen and oxygen atoms in total. The SMILES string of the molecule is COC(=O)C(C)OCCOCCO. The lowest BCUT2D eigenvalue weighted by Crippen LogP contribution is -2.24. The highest BCUT2D eigenvalue weighted by molar-refractivity contribution is 5.73. The number of aliphatic hydroxyl groups is 1. The Morgan fingerprint density at radius 2 is 2.08 bits per heavy atom. The third-order valence-electron chi connectivity index (χ3n) is 1.36. The Morgan fingerprint density at radius 1 is 1.38 bits per heavy atom. The van der Waals surface area contributed by atoms with Crippen molar-refractivity contribution >= 4 is 5.97 Å². The maximum absolute atomic E-state index is 10.8. The summed E-state index contributed by atoms with van der Waals surface area (Å²) in [7, 11) is 1.31. The Hall–Kier alpha value is -0.650. The predicted octanol–water partition coefficient (Wildman–Crippen LogP) is -0.427. The van der Waals surface area contributed by atoms with E-state index in [0.717, 1.165) is 0 Å². The average molecular weight is 192 g/mol. The monoisotopic (exact) mass is 192 g/mol. The number of hydrogen-bond donors (Lipinski definition) is 1. The van der Waals surface area contributed by atoms with Crippen LogP contribution in [-0.2, 0) is 19.0 Å². The van der Waals surface area contributed by atoms with Crippen LogP contribution < -0.4 is 0 Å². The summed E-state index contributed by atoms with van der Waals surface area (Å²) in [5.74, 6) is -0.401. The Morgan fingerprint density at radius 3 is 2.62 bits per heavy atom. The predicted molar refractivity (Wildman–Crippen MR) is 45.3 cm³/mol. The van der Waals surface area contributed by atoms with Gasteiger partial charge in [-0.05, 0) is 6.92 Å². The van der Waals surface area contributed by atoms with Gasteiger partial charge in [0.2, 0.25) is 0 Å². The molecule has 0 aliphatic heterocycles. The second-order valence-corrected chi connectivity index (χ2v) is 2.37. The van der Waals surface area contributed by atoms with Crippen LogP contribution in [-0.4, -0.2) is 50.7 Å². The average Bonchev–Trinajstić information content (AvgIpc) is 2.16. The number of esters is 1. The number of carbonyl (C=O) groups excluding carboxylic acids is 1. The number of rotatable bonds is 7. The van der Waals surface area contributed by atoms with Gasteiger partial charge in [-0.2, -0.15) is 0 Å².